The number of hydrogen-bond acceptors (Lipinski definition) is 8. The third kappa shape index (κ3) is 7.87. The van der Waals surface area contributed by atoms with E-state index in [-0.39, 0.29) is 34.6 Å². The number of ether oxygens (including phenoxy) is 4. The van der Waals surface area contributed by atoms with Crippen LogP contribution in [0.15, 0.2) is 30.5 Å². The van der Waals surface area contributed by atoms with Crippen LogP contribution in [0.2, 0.25) is 0 Å². The highest BCUT2D eigenvalue weighted by Gasteiger charge is 2.31. The molecule has 0 saturated carbocycles. The number of pyridine rings is 1. The normalized spacial score (nSPS) is 13.4. The number of methoxy groups -OCH3 is 1. The summed E-state index contributed by atoms with van der Waals surface area (Å²) in [6.45, 7) is 9.52. The lowest BCUT2D eigenvalue weighted by atomic mass is 9.84. The third-order valence-electron chi connectivity index (χ3n) is 5.73. The quantitative estimate of drug-likeness (QED) is 0.314. The Balaban J connectivity index is 2.13. The number of esters is 2. The van der Waals surface area contributed by atoms with E-state index in [1.165, 1.54) is 32.4 Å². The van der Waals surface area contributed by atoms with Gasteiger partial charge in [-0.25, -0.2) is 18.6 Å². The Bertz CT molecular complexity index is 1140. The molecule has 11 heteroatoms. The molecule has 2 rings (SSSR count). The number of carbonyl (C=O) groups is 3. The molecule has 1 heterocycles. The second kappa shape index (κ2) is 13.7. The maximum atomic E-state index is 14.5. The van der Waals surface area contributed by atoms with Gasteiger partial charge in [0, 0.05) is 24.2 Å². The molecule has 0 spiro atoms. The summed E-state index contributed by atoms with van der Waals surface area (Å²) in [5.74, 6) is -4.47. The van der Waals surface area contributed by atoms with Crippen LogP contribution in [0.3, 0.4) is 0 Å². The molecule has 0 bridgehead atoms. The summed E-state index contributed by atoms with van der Waals surface area (Å²) in [4.78, 5) is 41.5. The Morgan fingerprint density at radius 3 is 2.26 bits per heavy atom. The molecular weight excluding hydrogens is 502 g/mol. The van der Waals surface area contributed by atoms with Crippen molar-refractivity contribution in [3.63, 3.8) is 0 Å². The van der Waals surface area contributed by atoms with Crippen LogP contribution in [0, 0.1) is 23.5 Å². The smallest absolute Gasteiger partial charge is 0.328 e. The first-order valence-electron chi connectivity index (χ1n) is 12.2. The van der Waals surface area contributed by atoms with Gasteiger partial charge in [0.15, 0.2) is 17.2 Å². The monoisotopic (exact) mass is 536 g/mol. The van der Waals surface area contributed by atoms with Crippen molar-refractivity contribution in [3.05, 3.63) is 53.4 Å². The summed E-state index contributed by atoms with van der Waals surface area (Å²) in [6, 6.07) is 3.61. The van der Waals surface area contributed by atoms with Crippen molar-refractivity contribution in [1.29, 1.82) is 0 Å². The zero-order chi connectivity index (χ0) is 28.6. The van der Waals surface area contributed by atoms with Gasteiger partial charge < -0.3 is 24.3 Å². The fraction of sp³-hybridized carbons (Fsp3) is 0.481. The standard InChI is InChI=1S/C27H34F2N2O7/c1-14(2)22(19-9-8-18(28)12-20(19)29)17(6)38-27(34)16(5)31-25(32)23-24(21(35-7)10-11-30-23)36-13-37-26(33)15(3)4/h8-12,14-17,22H,13H2,1-7H3,(H,31,32)/t16-,17?,22?/m0/s1. The first-order chi connectivity index (χ1) is 17.9. The van der Waals surface area contributed by atoms with Crippen molar-refractivity contribution >= 4 is 17.8 Å². The lowest BCUT2D eigenvalue weighted by Crippen LogP contribution is -2.42. The van der Waals surface area contributed by atoms with Gasteiger partial charge in [0.25, 0.3) is 5.91 Å². The van der Waals surface area contributed by atoms with Gasteiger partial charge in [-0.05, 0) is 31.4 Å². The van der Waals surface area contributed by atoms with Gasteiger partial charge in [0.05, 0.1) is 13.0 Å². The molecule has 208 valence electrons. The van der Waals surface area contributed by atoms with Crippen molar-refractivity contribution in [2.24, 2.45) is 11.8 Å². The van der Waals surface area contributed by atoms with Crippen molar-refractivity contribution in [2.45, 2.75) is 59.6 Å². The van der Waals surface area contributed by atoms with Crippen LogP contribution in [0.25, 0.3) is 0 Å². The minimum atomic E-state index is -1.12. The number of nitrogens with one attached hydrogen (secondary N) is 1. The molecule has 0 radical (unpaired) electrons. The van der Waals surface area contributed by atoms with E-state index in [0.29, 0.717) is 0 Å². The number of nitrogens with zero attached hydrogens (tertiary/aromatic N) is 1. The highest BCUT2D eigenvalue weighted by atomic mass is 19.1. The van der Waals surface area contributed by atoms with Gasteiger partial charge in [-0.3, -0.25) is 9.59 Å². The van der Waals surface area contributed by atoms with Crippen molar-refractivity contribution in [3.8, 4) is 11.5 Å². The number of hydrogen-bond donors (Lipinski definition) is 1. The van der Waals surface area contributed by atoms with E-state index in [4.69, 9.17) is 18.9 Å². The highest BCUT2D eigenvalue weighted by Crippen LogP contribution is 2.32. The third-order valence-corrected chi connectivity index (χ3v) is 5.73. The fourth-order valence-electron chi connectivity index (χ4n) is 3.81. The average Bonchev–Trinajstić information content (AvgIpc) is 2.84. The van der Waals surface area contributed by atoms with Gasteiger partial charge in [-0.15, -0.1) is 0 Å². The van der Waals surface area contributed by atoms with E-state index in [2.05, 4.69) is 10.3 Å². The van der Waals surface area contributed by atoms with E-state index in [0.717, 1.165) is 12.1 Å². The zero-order valence-electron chi connectivity index (χ0n) is 22.5. The largest absolute Gasteiger partial charge is 0.493 e. The average molecular weight is 537 g/mol. The van der Waals surface area contributed by atoms with Crippen LogP contribution in [0.5, 0.6) is 11.5 Å². The fourth-order valence-corrected chi connectivity index (χ4v) is 3.81. The molecule has 9 nitrogen and oxygen atoms in total. The Morgan fingerprint density at radius 1 is 1.00 bits per heavy atom. The van der Waals surface area contributed by atoms with E-state index in [1.54, 1.807) is 20.8 Å². The highest BCUT2D eigenvalue weighted by molar-refractivity contribution is 5.98. The molecule has 2 aromatic rings. The summed E-state index contributed by atoms with van der Waals surface area (Å²) in [5, 5.41) is 2.49. The molecular formula is C27H34F2N2O7. The number of halogens is 2. The summed E-state index contributed by atoms with van der Waals surface area (Å²) in [7, 11) is 1.36. The summed E-state index contributed by atoms with van der Waals surface area (Å²) >= 11 is 0. The van der Waals surface area contributed by atoms with Crippen LogP contribution in [-0.4, -0.2) is 48.9 Å². The molecule has 0 aliphatic rings. The zero-order valence-corrected chi connectivity index (χ0v) is 22.5. The van der Waals surface area contributed by atoms with Crippen LogP contribution >= 0.6 is 0 Å². The maximum absolute atomic E-state index is 14.5. The molecule has 3 atom stereocenters. The maximum Gasteiger partial charge on any atom is 0.328 e. The topological polar surface area (TPSA) is 113 Å². The van der Waals surface area contributed by atoms with Gasteiger partial charge in [0.1, 0.15) is 23.8 Å². The molecule has 38 heavy (non-hydrogen) atoms. The first-order valence-corrected chi connectivity index (χ1v) is 12.2. The number of amides is 1. The second-order valence-corrected chi connectivity index (χ2v) is 9.34. The molecule has 0 saturated heterocycles. The van der Waals surface area contributed by atoms with Crippen LogP contribution in [0.1, 0.15) is 63.5 Å². The predicted molar refractivity (Wildman–Crippen MR) is 134 cm³/mol. The number of aromatic nitrogens is 1. The summed E-state index contributed by atoms with van der Waals surface area (Å²) in [6.07, 6.45) is 0.530. The molecule has 1 aromatic carbocycles. The van der Waals surface area contributed by atoms with Crippen molar-refractivity contribution in [2.75, 3.05) is 13.9 Å². The Hall–Kier alpha value is -3.76. The van der Waals surface area contributed by atoms with Crippen LogP contribution in [-0.2, 0) is 19.1 Å². The minimum Gasteiger partial charge on any atom is -0.493 e. The van der Waals surface area contributed by atoms with Gasteiger partial charge in [-0.2, -0.15) is 0 Å². The molecule has 2 unspecified atom stereocenters. The van der Waals surface area contributed by atoms with E-state index < -0.39 is 54.3 Å². The molecule has 1 aromatic heterocycles. The number of benzene rings is 1. The molecule has 1 N–H and O–H groups in total. The Kier molecular flexibility index (Phi) is 11.0. The van der Waals surface area contributed by atoms with E-state index in [9.17, 15) is 23.2 Å². The minimum absolute atomic E-state index is 0.0790. The molecule has 0 aliphatic carbocycles. The Labute approximate surface area is 220 Å². The number of carbonyl (C=O) groups excluding carboxylic acids is 3. The lowest BCUT2D eigenvalue weighted by molar-refractivity contribution is -0.154. The second-order valence-electron chi connectivity index (χ2n) is 9.34. The van der Waals surface area contributed by atoms with Gasteiger partial charge in [0.2, 0.25) is 6.79 Å². The van der Waals surface area contributed by atoms with Crippen molar-refractivity contribution in [1.82, 2.24) is 10.3 Å². The lowest BCUT2D eigenvalue weighted by Gasteiger charge is -2.29. The molecule has 1 amide bonds. The van der Waals surface area contributed by atoms with E-state index in [1.807, 2.05) is 13.8 Å². The predicted octanol–water partition coefficient (Wildman–Crippen LogP) is 4.39. The number of rotatable bonds is 12. The first kappa shape index (κ1) is 30.5. The van der Waals surface area contributed by atoms with Gasteiger partial charge >= 0.3 is 11.9 Å². The molecule has 0 fully saturated rings. The van der Waals surface area contributed by atoms with E-state index >= 15 is 0 Å². The Morgan fingerprint density at radius 2 is 1.68 bits per heavy atom. The molecule has 0 aliphatic heterocycles. The van der Waals surface area contributed by atoms with Crippen LogP contribution in [0.4, 0.5) is 8.78 Å². The van der Waals surface area contributed by atoms with Crippen molar-refractivity contribution < 1.29 is 42.1 Å². The van der Waals surface area contributed by atoms with Crippen LogP contribution < -0.4 is 14.8 Å². The van der Waals surface area contributed by atoms with Gasteiger partial charge in [-0.1, -0.05) is 33.8 Å². The summed E-state index contributed by atoms with van der Waals surface area (Å²) in [5.41, 5.74) is 0.0185. The SMILES string of the molecule is COc1ccnc(C(=O)N[C@@H](C)C(=O)OC(C)C(c2ccc(F)cc2F)C(C)C)c1OCOC(=O)C(C)C. The summed E-state index contributed by atoms with van der Waals surface area (Å²) < 4.78 is 49.1.